The number of carbonyl (C=O) groups is 3. The zero-order chi connectivity index (χ0) is 35.6. The standard InChI is InChI=1S/C40H31ClN4O4S2/c1-49-35-15-9-8-14-32(35)34-25-50-40(44-34)45-39(48)36(27-10-4-2-5-11-27)51-31-22-20-30(21-23-31)42-38(47)33(24-26-16-18-29(41)19-17-26)43-37(46)28-12-6-3-7-13-28/h2-25,36H,1H3,(H,42,47)(H,43,46)(H,44,45,48)/b33-24-. The second-order valence-electron chi connectivity index (χ2n) is 11.0. The van der Waals surface area contributed by atoms with Crippen LogP contribution in [0.4, 0.5) is 10.8 Å². The van der Waals surface area contributed by atoms with E-state index in [4.69, 9.17) is 16.3 Å². The fourth-order valence-corrected chi connectivity index (χ4v) is 6.87. The first-order valence-corrected chi connectivity index (χ1v) is 17.9. The number of thiazole rings is 1. The van der Waals surface area contributed by atoms with E-state index in [-0.39, 0.29) is 11.6 Å². The molecule has 3 N–H and O–H groups in total. The van der Waals surface area contributed by atoms with Crippen LogP contribution in [0.2, 0.25) is 5.02 Å². The number of amides is 3. The molecule has 0 bridgehead atoms. The van der Waals surface area contributed by atoms with Gasteiger partial charge in [-0.15, -0.1) is 23.1 Å². The number of thioether (sulfide) groups is 1. The van der Waals surface area contributed by atoms with Crippen LogP contribution in [0.5, 0.6) is 5.75 Å². The third kappa shape index (κ3) is 9.31. The molecule has 0 aliphatic rings. The Morgan fingerprint density at radius 2 is 1.47 bits per heavy atom. The number of aromatic nitrogens is 1. The van der Waals surface area contributed by atoms with Crippen molar-refractivity contribution in [3.05, 3.63) is 166 Å². The molecule has 0 fully saturated rings. The highest BCUT2D eigenvalue weighted by atomic mass is 35.5. The highest BCUT2D eigenvalue weighted by molar-refractivity contribution is 8.00. The quantitative estimate of drug-likeness (QED) is 0.0856. The van der Waals surface area contributed by atoms with Crippen LogP contribution >= 0.6 is 34.7 Å². The van der Waals surface area contributed by atoms with Gasteiger partial charge in [-0.3, -0.25) is 14.4 Å². The van der Waals surface area contributed by atoms with Crippen LogP contribution in [-0.4, -0.2) is 29.8 Å². The maximum absolute atomic E-state index is 13.7. The lowest BCUT2D eigenvalue weighted by atomic mass is 10.1. The van der Waals surface area contributed by atoms with Crippen molar-refractivity contribution in [1.29, 1.82) is 0 Å². The summed E-state index contributed by atoms with van der Waals surface area (Å²) in [5.41, 5.74) is 4.03. The van der Waals surface area contributed by atoms with Crippen molar-refractivity contribution < 1.29 is 19.1 Å². The van der Waals surface area contributed by atoms with E-state index in [1.807, 2.05) is 78.2 Å². The number of benzene rings is 5. The first-order valence-electron chi connectivity index (χ1n) is 15.7. The number of nitrogens with one attached hydrogen (secondary N) is 3. The summed E-state index contributed by atoms with van der Waals surface area (Å²) in [4.78, 5) is 45.7. The molecule has 8 nitrogen and oxygen atoms in total. The molecule has 1 heterocycles. The molecule has 0 aliphatic carbocycles. The largest absolute Gasteiger partial charge is 0.496 e. The van der Waals surface area contributed by atoms with E-state index >= 15 is 0 Å². The van der Waals surface area contributed by atoms with Gasteiger partial charge < -0.3 is 20.7 Å². The first-order chi connectivity index (χ1) is 24.9. The Hall–Kier alpha value is -5.68. The highest BCUT2D eigenvalue weighted by Crippen LogP contribution is 2.38. The molecule has 0 saturated heterocycles. The molecule has 0 radical (unpaired) electrons. The van der Waals surface area contributed by atoms with Crippen LogP contribution in [0.25, 0.3) is 17.3 Å². The van der Waals surface area contributed by atoms with Crippen molar-refractivity contribution in [1.82, 2.24) is 10.3 Å². The average Bonchev–Trinajstić information content (AvgIpc) is 3.63. The molecule has 0 saturated carbocycles. The normalized spacial score (nSPS) is 11.7. The van der Waals surface area contributed by atoms with Gasteiger partial charge in [-0.1, -0.05) is 84.4 Å². The Bertz CT molecular complexity index is 2160. The molecule has 0 spiro atoms. The Balaban J connectivity index is 1.17. The lowest BCUT2D eigenvalue weighted by molar-refractivity contribution is -0.116. The molecule has 11 heteroatoms. The fraction of sp³-hybridized carbons (Fsp3) is 0.0500. The van der Waals surface area contributed by atoms with Gasteiger partial charge in [0.15, 0.2) is 5.13 Å². The van der Waals surface area contributed by atoms with Crippen LogP contribution in [-0.2, 0) is 9.59 Å². The van der Waals surface area contributed by atoms with E-state index in [0.29, 0.717) is 38.4 Å². The van der Waals surface area contributed by atoms with Crippen molar-refractivity contribution in [2.75, 3.05) is 17.7 Å². The van der Waals surface area contributed by atoms with E-state index in [0.717, 1.165) is 16.0 Å². The molecule has 1 unspecified atom stereocenters. The Labute approximate surface area is 308 Å². The van der Waals surface area contributed by atoms with Gasteiger partial charge in [0.05, 0.1) is 12.8 Å². The number of methoxy groups -OCH3 is 1. The molecule has 0 aliphatic heterocycles. The Morgan fingerprint density at radius 1 is 0.804 bits per heavy atom. The number of rotatable bonds is 12. The number of anilines is 2. The smallest absolute Gasteiger partial charge is 0.272 e. The van der Waals surface area contributed by atoms with Gasteiger partial charge in [0.2, 0.25) is 5.91 Å². The summed E-state index contributed by atoms with van der Waals surface area (Å²) in [5.74, 6) is -0.455. The van der Waals surface area contributed by atoms with Crippen LogP contribution < -0.4 is 20.7 Å². The lowest BCUT2D eigenvalue weighted by Crippen LogP contribution is -2.30. The van der Waals surface area contributed by atoms with Crippen LogP contribution in [0.15, 0.2) is 149 Å². The number of carbonyl (C=O) groups excluding carboxylic acids is 3. The number of halogens is 1. The third-order valence-corrected chi connectivity index (χ3v) is 9.81. The summed E-state index contributed by atoms with van der Waals surface area (Å²) in [6, 6.07) is 39.8. The highest BCUT2D eigenvalue weighted by Gasteiger charge is 2.24. The molecule has 6 rings (SSSR count). The zero-order valence-corrected chi connectivity index (χ0v) is 29.6. The van der Waals surface area contributed by atoms with Gasteiger partial charge in [0.1, 0.15) is 16.7 Å². The van der Waals surface area contributed by atoms with Crippen molar-refractivity contribution >= 4 is 69.3 Å². The van der Waals surface area contributed by atoms with Gasteiger partial charge in [0.25, 0.3) is 11.8 Å². The summed E-state index contributed by atoms with van der Waals surface area (Å²) < 4.78 is 5.48. The minimum atomic E-state index is -0.590. The number of ether oxygens (including phenoxy) is 1. The van der Waals surface area contributed by atoms with Crippen molar-refractivity contribution in [2.24, 2.45) is 0 Å². The van der Waals surface area contributed by atoms with Gasteiger partial charge in [-0.25, -0.2) is 4.98 Å². The number of nitrogens with zero attached hydrogens (tertiary/aromatic N) is 1. The molecule has 5 aromatic carbocycles. The summed E-state index contributed by atoms with van der Waals surface area (Å²) in [5, 5.41) is 10.9. The summed E-state index contributed by atoms with van der Waals surface area (Å²) in [6.45, 7) is 0. The molecule has 1 atom stereocenters. The molecule has 254 valence electrons. The fourth-order valence-electron chi connectivity index (χ4n) is 5.00. The van der Waals surface area contributed by atoms with Gasteiger partial charge in [-0.2, -0.15) is 0 Å². The number of hydrogen-bond acceptors (Lipinski definition) is 7. The minimum Gasteiger partial charge on any atom is -0.496 e. The monoisotopic (exact) mass is 730 g/mol. The van der Waals surface area contributed by atoms with Crippen molar-refractivity contribution in [2.45, 2.75) is 10.1 Å². The Morgan fingerprint density at radius 3 is 2.18 bits per heavy atom. The predicted octanol–water partition coefficient (Wildman–Crippen LogP) is 9.35. The number of hydrogen-bond donors (Lipinski definition) is 3. The van der Waals surface area contributed by atoms with E-state index in [1.54, 1.807) is 73.8 Å². The average molecular weight is 731 g/mol. The molecular formula is C40H31ClN4O4S2. The van der Waals surface area contributed by atoms with Crippen molar-refractivity contribution in [3.8, 4) is 17.0 Å². The van der Waals surface area contributed by atoms with E-state index in [1.165, 1.54) is 23.1 Å². The van der Waals surface area contributed by atoms with Gasteiger partial charge in [-0.05, 0) is 77.9 Å². The van der Waals surface area contributed by atoms with E-state index in [9.17, 15) is 14.4 Å². The Kier molecular flexibility index (Phi) is 11.6. The van der Waals surface area contributed by atoms with Gasteiger partial charge >= 0.3 is 0 Å². The van der Waals surface area contributed by atoms with Crippen molar-refractivity contribution in [3.63, 3.8) is 0 Å². The predicted molar refractivity (Wildman–Crippen MR) is 206 cm³/mol. The lowest BCUT2D eigenvalue weighted by Gasteiger charge is -2.17. The summed E-state index contributed by atoms with van der Waals surface area (Å²) >= 11 is 8.76. The molecule has 51 heavy (non-hydrogen) atoms. The first kappa shape index (κ1) is 35.2. The van der Waals surface area contributed by atoms with Crippen LogP contribution in [0.1, 0.15) is 26.7 Å². The minimum absolute atomic E-state index is 0.0569. The molecular weight excluding hydrogens is 700 g/mol. The number of para-hydroxylation sites is 1. The maximum atomic E-state index is 13.7. The molecule has 6 aromatic rings. The summed E-state index contributed by atoms with van der Waals surface area (Å²) in [6.07, 6.45) is 1.58. The zero-order valence-electron chi connectivity index (χ0n) is 27.2. The van der Waals surface area contributed by atoms with Gasteiger partial charge in [0, 0.05) is 32.1 Å². The van der Waals surface area contributed by atoms with E-state index < -0.39 is 17.1 Å². The summed E-state index contributed by atoms with van der Waals surface area (Å²) in [7, 11) is 1.61. The molecule has 3 amide bonds. The molecule has 1 aromatic heterocycles. The van der Waals surface area contributed by atoms with Crippen LogP contribution in [0, 0.1) is 0 Å². The second-order valence-corrected chi connectivity index (χ2v) is 13.5. The second kappa shape index (κ2) is 16.8. The van der Waals surface area contributed by atoms with Crippen LogP contribution in [0.3, 0.4) is 0 Å². The maximum Gasteiger partial charge on any atom is 0.272 e. The topological polar surface area (TPSA) is 109 Å². The SMILES string of the molecule is COc1ccccc1-c1csc(NC(=O)C(Sc2ccc(NC(=O)/C(=C/c3ccc(Cl)cc3)NC(=O)c3ccccc3)cc2)c2ccccc2)n1. The van der Waals surface area contributed by atoms with E-state index in [2.05, 4.69) is 20.9 Å². The third-order valence-electron chi connectivity index (χ3n) is 7.53.